The van der Waals surface area contributed by atoms with E-state index in [-0.39, 0.29) is 17.6 Å². The van der Waals surface area contributed by atoms with E-state index < -0.39 is 0 Å². The Balaban J connectivity index is 3.15. The first-order chi connectivity index (χ1) is 9.86. The highest BCUT2D eigenvalue weighted by Gasteiger charge is 2.36. The van der Waals surface area contributed by atoms with Crippen LogP contribution in [-0.2, 0) is 16.0 Å². The van der Waals surface area contributed by atoms with Gasteiger partial charge in [0.25, 0.3) is 0 Å². The van der Waals surface area contributed by atoms with Crippen LogP contribution in [-0.4, -0.2) is 36.2 Å². The van der Waals surface area contributed by atoms with Crippen LogP contribution in [0.15, 0.2) is 6.20 Å². The number of hydrazine groups is 1. The van der Waals surface area contributed by atoms with Crippen LogP contribution in [0.3, 0.4) is 0 Å². The monoisotopic (exact) mass is 318 g/mol. The lowest BCUT2D eigenvalue weighted by atomic mass is 9.83. The molecular formula is C14H27ClN4O2. The van der Waals surface area contributed by atoms with E-state index in [0.717, 1.165) is 5.69 Å². The first-order valence-electron chi connectivity index (χ1n) is 7.14. The lowest BCUT2D eigenvalue weighted by molar-refractivity contribution is -0.0386. The van der Waals surface area contributed by atoms with Crippen molar-refractivity contribution in [3.05, 3.63) is 16.9 Å². The van der Waals surface area contributed by atoms with Crippen molar-refractivity contribution in [3.8, 4) is 0 Å². The molecule has 0 amide bonds. The van der Waals surface area contributed by atoms with Crippen molar-refractivity contribution in [1.29, 1.82) is 0 Å². The third kappa shape index (κ3) is 4.66. The minimum atomic E-state index is -0.253. The van der Waals surface area contributed by atoms with Crippen molar-refractivity contribution in [2.24, 2.45) is 11.3 Å². The summed E-state index contributed by atoms with van der Waals surface area (Å²) in [5, 5.41) is 4.87. The van der Waals surface area contributed by atoms with E-state index in [2.05, 4.69) is 31.3 Å². The average molecular weight is 319 g/mol. The highest BCUT2D eigenvalue weighted by atomic mass is 35.5. The summed E-state index contributed by atoms with van der Waals surface area (Å²) < 4.78 is 12.8. The van der Waals surface area contributed by atoms with Crippen molar-refractivity contribution < 1.29 is 9.47 Å². The van der Waals surface area contributed by atoms with Gasteiger partial charge in [-0.1, -0.05) is 32.4 Å². The van der Waals surface area contributed by atoms with E-state index in [1.807, 2.05) is 11.6 Å². The number of halogens is 1. The third-order valence-corrected chi connectivity index (χ3v) is 3.61. The van der Waals surface area contributed by atoms with E-state index in [9.17, 15) is 0 Å². The molecule has 122 valence electrons. The number of nitrogens with zero attached hydrogens (tertiary/aromatic N) is 2. The topological polar surface area (TPSA) is 74.3 Å². The summed E-state index contributed by atoms with van der Waals surface area (Å²) in [7, 11) is 1.65. The number of hydrogen-bond acceptors (Lipinski definition) is 5. The Hall–Kier alpha value is -0.660. The SMILES string of the molecule is CCOC(C(NN)c1c(Cl)cnn1CCOC)C(C)(C)C. The van der Waals surface area contributed by atoms with E-state index in [0.29, 0.717) is 24.8 Å². The zero-order chi connectivity index (χ0) is 16.0. The van der Waals surface area contributed by atoms with Gasteiger partial charge in [0.15, 0.2) is 0 Å². The molecule has 0 saturated carbocycles. The highest BCUT2D eigenvalue weighted by molar-refractivity contribution is 6.31. The van der Waals surface area contributed by atoms with Crippen LogP contribution in [0.2, 0.25) is 5.02 Å². The molecule has 0 radical (unpaired) electrons. The van der Waals surface area contributed by atoms with Crippen LogP contribution >= 0.6 is 11.6 Å². The quantitative estimate of drug-likeness (QED) is 0.567. The Morgan fingerprint density at radius 1 is 1.48 bits per heavy atom. The summed E-state index contributed by atoms with van der Waals surface area (Å²) >= 11 is 6.32. The second-order valence-electron chi connectivity index (χ2n) is 5.98. The summed E-state index contributed by atoms with van der Waals surface area (Å²) in [6.45, 7) is 10.1. The Morgan fingerprint density at radius 3 is 2.62 bits per heavy atom. The number of rotatable bonds is 8. The molecule has 1 rings (SSSR count). The van der Waals surface area contributed by atoms with Gasteiger partial charge in [0.2, 0.25) is 0 Å². The van der Waals surface area contributed by atoms with Gasteiger partial charge in [-0.15, -0.1) is 0 Å². The zero-order valence-electron chi connectivity index (χ0n) is 13.5. The van der Waals surface area contributed by atoms with Crippen LogP contribution < -0.4 is 11.3 Å². The van der Waals surface area contributed by atoms with E-state index >= 15 is 0 Å². The van der Waals surface area contributed by atoms with Crippen LogP contribution in [0.5, 0.6) is 0 Å². The van der Waals surface area contributed by atoms with E-state index in [4.69, 9.17) is 26.9 Å². The fraction of sp³-hybridized carbons (Fsp3) is 0.786. The normalized spacial score (nSPS) is 15.2. The van der Waals surface area contributed by atoms with Crippen molar-refractivity contribution in [2.45, 2.75) is 46.4 Å². The van der Waals surface area contributed by atoms with Crippen LogP contribution in [0.1, 0.15) is 39.4 Å². The van der Waals surface area contributed by atoms with Crippen molar-refractivity contribution in [1.82, 2.24) is 15.2 Å². The van der Waals surface area contributed by atoms with Crippen LogP contribution in [0, 0.1) is 5.41 Å². The van der Waals surface area contributed by atoms with E-state index in [1.165, 1.54) is 0 Å². The minimum Gasteiger partial charge on any atom is -0.383 e. The van der Waals surface area contributed by atoms with Crippen molar-refractivity contribution in [2.75, 3.05) is 20.3 Å². The number of nitrogens with two attached hydrogens (primary N) is 1. The smallest absolute Gasteiger partial charge is 0.0910 e. The summed E-state index contributed by atoms with van der Waals surface area (Å²) in [5.41, 5.74) is 3.56. The maximum atomic E-state index is 6.32. The molecule has 0 spiro atoms. The maximum absolute atomic E-state index is 6.32. The van der Waals surface area contributed by atoms with Gasteiger partial charge in [0, 0.05) is 13.7 Å². The molecule has 1 aromatic heterocycles. The molecule has 2 unspecified atom stereocenters. The fourth-order valence-corrected chi connectivity index (χ4v) is 2.63. The van der Waals surface area contributed by atoms with Gasteiger partial charge in [0.1, 0.15) is 0 Å². The second-order valence-corrected chi connectivity index (χ2v) is 6.39. The van der Waals surface area contributed by atoms with Gasteiger partial charge in [0.05, 0.1) is 42.2 Å². The van der Waals surface area contributed by atoms with Gasteiger partial charge >= 0.3 is 0 Å². The number of nitrogens with one attached hydrogen (secondary N) is 1. The van der Waals surface area contributed by atoms with Gasteiger partial charge in [-0.25, -0.2) is 5.43 Å². The maximum Gasteiger partial charge on any atom is 0.0910 e. The lowest BCUT2D eigenvalue weighted by Crippen LogP contribution is -2.45. The predicted octanol–water partition coefficient (Wildman–Crippen LogP) is 2.14. The first kappa shape index (κ1) is 18.4. The molecule has 2 atom stereocenters. The number of hydrogen-bond donors (Lipinski definition) is 2. The molecule has 21 heavy (non-hydrogen) atoms. The molecule has 0 bridgehead atoms. The molecule has 0 aliphatic heterocycles. The minimum absolute atomic E-state index is 0.104. The molecule has 1 aromatic rings. The van der Waals surface area contributed by atoms with Gasteiger partial charge in [-0.2, -0.15) is 5.10 Å². The molecule has 0 saturated heterocycles. The zero-order valence-corrected chi connectivity index (χ0v) is 14.3. The lowest BCUT2D eigenvalue weighted by Gasteiger charge is -2.36. The summed E-state index contributed by atoms with van der Waals surface area (Å²) in [6, 6.07) is -0.253. The molecule has 0 aromatic carbocycles. The molecule has 3 N–H and O–H groups in total. The number of aromatic nitrogens is 2. The summed E-state index contributed by atoms with van der Waals surface area (Å²) in [6.07, 6.45) is 1.49. The number of ether oxygens (including phenoxy) is 2. The van der Waals surface area contributed by atoms with Crippen LogP contribution in [0.4, 0.5) is 0 Å². The van der Waals surface area contributed by atoms with Crippen molar-refractivity contribution in [3.63, 3.8) is 0 Å². The Morgan fingerprint density at radius 2 is 2.14 bits per heavy atom. The molecule has 6 nitrogen and oxygen atoms in total. The average Bonchev–Trinajstić information content (AvgIpc) is 2.77. The standard InChI is InChI=1S/C14H27ClN4O2/c1-6-21-13(14(2,3)4)11(18-16)12-10(15)9-17-19(12)7-8-20-5/h9,11,13,18H,6-8,16H2,1-5H3. The molecule has 0 aliphatic rings. The second kappa shape index (κ2) is 8.10. The molecule has 0 fully saturated rings. The predicted molar refractivity (Wildman–Crippen MR) is 84.0 cm³/mol. The Bertz CT molecular complexity index is 431. The van der Waals surface area contributed by atoms with Crippen LogP contribution in [0.25, 0.3) is 0 Å². The fourth-order valence-electron chi connectivity index (χ4n) is 2.37. The largest absolute Gasteiger partial charge is 0.383 e. The molecule has 0 aliphatic carbocycles. The van der Waals surface area contributed by atoms with Crippen molar-refractivity contribution >= 4 is 11.6 Å². The molecular weight excluding hydrogens is 292 g/mol. The van der Waals surface area contributed by atoms with E-state index in [1.54, 1.807) is 13.3 Å². The molecule has 7 heteroatoms. The van der Waals surface area contributed by atoms with Gasteiger partial charge in [-0.05, 0) is 12.3 Å². The Labute approximate surface area is 131 Å². The molecule has 1 heterocycles. The highest BCUT2D eigenvalue weighted by Crippen LogP contribution is 2.35. The third-order valence-electron chi connectivity index (χ3n) is 3.32. The summed E-state index contributed by atoms with van der Waals surface area (Å²) in [4.78, 5) is 0. The Kier molecular flexibility index (Phi) is 7.09. The van der Waals surface area contributed by atoms with Gasteiger partial charge in [-0.3, -0.25) is 10.5 Å². The first-order valence-corrected chi connectivity index (χ1v) is 7.52. The van der Waals surface area contributed by atoms with Gasteiger partial charge < -0.3 is 9.47 Å². The number of methoxy groups -OCH3 is 1. The summed E-state index contributed by atoms with van der Waals surface area (Å²) in [5.74, 6) is 5.80.